The van der Waals surface area contributed by atoms with Crippen LogP contribution < -0.4 is 11.0 Å². The highest BCUT2D eigenvalue weighted by molar-refractivity contribution is 6.03. The summed E-state index contributed by atoms with van der Waals surface area (Å²) in [7, 11) is 0. The van der Waals surface area contributed by atoms with Crippen molar-refractivity contribution in [1.82, 2.24) is 9.97 Å². The number of nitrogens with one attached hydrogen (secondary N) is 2. The summed E-state index contributed by atoms with van der Waals surface area (Å²) < 4.78 is 0. The Morgan fingerprint density at radius 2 is 2.00 bits per heavy atom. The van der Waals surface area contributed by atoms with Crippen LogP contribution >= 0.6 is 0 Å². The molecule has 138 valence electrons. The smallest absolute Gasteiger partial charge is 0.293 e. The number of aromatic amines is 1. The number of rotatable bonds is 4. The number of anilines is 1. The lowest BCUT2D eigenvalue weighted by atomic mass is 10.0. The van der Waals surface area contributed by atoms with Gasteiger partial charge in [0.05, 0.1) is 22.2 Å². The summed E-state index contributed by atoms with van der Waals surface area (Å²) in [4.78, 5) is 29.4. The number of H-pyrrole nitrogens is 1. The topological polar surface area (TPSA) is 134 Å². The van der Waals surface area contributed by atoms with Crippen LogP contribution in [0.4, 0.5) is 11.5 Å². The number of phenolic OH excluding ortho intramolecular Hbond substituents is 1. The average molecular weight is 375 g/mol. The first-order chi connectivity index (χ1) is 13.5. The molecule has 28 heavy (non-hydrogen) atoms. The van der Waals surface area contributed by atoms with Gasteiger partial charge in [0.1, 0.15) is 5.75 Å². The molecular formula is C19H13N5O4. The van der Waals surface area contributed by atoms with Gasteiger partial charge in [-0.15, -0.1) is 0 Å². The molecular weight excluding hydrogens is 362 g/mol. The van der Waals surface area contributed by atoms with Gasteiger partial charge >= 0.3 is 0 Å². The maximum Gasteiger partial charge on any atom is 0.293 e. The average Bonchev–Trinajstić information content (AvgIpc) is 2.69. The largest absolute Gasteiger partial charge is 0.507 e. The van der Waals surface area contributed by atoms with Crippen LogP contribution in [0.2, 0.25) is 0 Å². The maximum absolute atomic E-state index is 12.1. The van der Waals surface area contributed by atoms with E-state index in [-0.39, 0.29) is 17.3 Å². The molecule has 0 aliphatic carbocycles. The van der Waals surface area contributed by atoms with Crippen molar-refractivity contribution in [3.8, 4) is 5.75 Å². The molecule has 0 atom stereocenters. The van der Waals surface area contributed by atoms with Gasteiger partial charge in [-0.1, -0.05) is 18.2 Å². The van der Waals surface area contributed by atoms with Gasteiger partial charge in [0.15, 0.2) is 0 Å². The molecule has 0 bridgehead atoms. The monoisotopic (exact) mass is 375 g/mol. The lowest BCUT2D eigenvalue weighted by Crippen LogP contribution is -2.13. The number of aromatic nitrogens is 2. The van der Waals surface area contributed by atoms with Crippen LogP contribution in [0, 0.1) is 10.1 Å². The maximum atomic E-state index is 12.1. The number of benzene rings is 3. The molecule has 1 aromatic heterocycles. The second-order valence-electron chi connectivity index (χ2n) is 5.96. The number of para-hydroxylation sites is 2. The summed E-state index contributed by atoms with van der Waals surface area (Å²) in [5.74, 6) is -0.0439. The summed E-state index contributed by atoms with van der Waals surface area (Å²) in [6.45, 7) is 0. The molecule has 0 spiro atoms. The predicted octanol–water partition coefficient (Wildman–Crippen LogP) is 3.14. The van der Waals surface area contributed by atoms with E-state index in [2.05, 4.69) is 20.5 Å². The summed E-state index contributed by atoms with van der Waals surface area (Å²) in [6.07, 6.45) is 1.33. The first kappa shape index (κ1) is 17.2. The van der Waals surface area contributed by atoms with E-state index in [1.807, 2.05) is 0 Å². The van der Waals surface area contributed by atoms with Crippen molar-refractivity contribution in [2.24, 2.45) is 5.10 Å². The van der Waals surface area contributed by atoms with Crippen molar-refractivity contribution < 1.29 is 10.0 Å². The number of fused-ring (bicyclic) bond motifs is 2. The Balaban J connectivity index is 1.69. The molecule has 3 aromatic carbocycles. The number of nitro groups is 1. The van der Waals surface area contributed by atoms with E-state index in [1.165, 1.54) is 30.5 Å². The Labute approximate surface area is 157 Å². The summed E-state index contributed by atoms with van der Waals surface area (Å²) >= 11 is 0. The van der Waals surface area contributed by atoms with Crippen molar-refractivity contribution in [2.45, 2.75) is 0 Å². The highest BCUT2D eigenvalue weighted by Gasteiger charge is 2.10. The molecule has 4 aromatic rings. The van der Waals surface area contributed by atoms with E-state index >= 15 is 0 Å². The Morgan fingerprint density at radius 3 is 2.82 bits per heavy atom. The molecule has 9 heteroatoms. The van der Waals surface area contributed by atoms with E-state index in [9.17, 15) is 20.0 Å². The molecule has 0 radical (unpaired) electrons. The minimum Gasteiger partial charge on any atom is -0.507 e. The van der Waals surface area contributed by atoms with Gasteiger partial charge in [0.2, 0.25) is 5.82 Å². The molecule has 0 aliphatic heterocycles. The molecule has 1 heterocycles. The highest BCUT2D eigenvalue weighted by atomic mass is 16.6. The van der Waals surface area contributed by atoms with Crippen LogP contribution in [0.25, 0.3) is 21.8 Å². The van der Waals surface area contributed by atoms with E-state index in [0.29, 0.717) is 27.4 Å². The zero-order valence-corrected chi connectivity index (χ0v) is 14.3. The van der Waals surface area contributed by atoms with Crippen LogP contribution in [0.1, 0.15) is 5.56 Å². The Hall–Kier alpha value is -4.27. The minimum absolute atomic E-state index is 0.00492. The van der Waals surface area contributed by atoms with Crippen molar-refractivity contribution in [1.29, 1.82) is 0 Å². The van der Waals surface area contributed by atoms with E-state index in [4.69, 9.17) is 0 Å². The molecule has 4 rings (SSSR count). The predicted molar refractivity (Wildman–Crippen MR) is 106 cm³/mol. The third-order valence-electron chi connectivity index (χ3n) is 4.20. The zero-order chi connectivity index (χ0) is 19.7. The molecule has 0 saturated carbocycles. The van der Waals surface area contributed by atoms with Crippen LogP contribution in [0.3, 0.4) is 0 Å². The van der Waals surface area contributed by atoms with Gasteiger partial charge in [0, 0.05) is 17.7 Å². The van der Waals surface area contributed by atoms with Crippen LogP contribution in [0.5, 0.6) is 5.75 Å². The molecule has 0 fully saturated rings. The van der Waals surface area contributed by atoms with E-state index < -0.39 is 10.5 Å². The Morgan fingerprint density at radius 1 is 1.18 bits per heavy atom. The number of phenols is 1. The van der Waals surface area contributed by atoms with Crippen molar-refractivity contribution >= 4 is 39.5 Å². The summed E-state index contributed by atoms with van der Waals surface area (Å²) in [5.41, 5.74) is 3.65. The van der Waals surface area contributed by atoms with E-state index in [0.717, 1.165) is 0 Å². The molecule has 0 saturated heterocycles. The number of nitrogens with zero attached hydrogens (tertiary/aromatic N) is 3. The molecule has 0 unspecified atom stereocenters. The normalized spacial score (nSPS) is 11.3. The molecule has 3 N–H and O–H groups in total. The number of aromatic hydroxyl groups is 1. The van der Waals surface area contributed by atoms with Crippen molar-refractivity contribution in [3.05, 3.63) is 80.6 Å². The van der Waals surface area contributed by atoms with Gasteiger partial charge in [-0.25, -0.2) is 4.98 Å². The van der Waals surface area contributed by atoms with Crippen LogP contribution in [-0.2, 0) is 0 Å². The third-order valence-corrected chi connectivity index (χ3v) is 4.20. The molecule has 9 nitrogen and oxygen atoms in total. The van der Waals surface area contributed by atoms with Gasteiger partial charge in [-0.05, 0) is 35.0 Å². The number of hydrazone groups is 1. The van der Waals surface area contributed by atoms with Gasteiger partial charge < -0.3 is 10.1 Å². The second kappa shape index (κ2) is 6.80. The quantitative estimate of drug-likeness (QED) is 0.285. The fraction of sp³-hybridized carbons (Fsp3) is 0. The van der Waals surface area contributed by atoms with Crippen LogP contribution in [0.15, 0.2) is 64.5 Å². The number of nitro benzene ring substituents is 1. The first-order valence-electron chi connectivity index (χ1n) is 8.21. The van der Waals surface area contributed by atoms with E-state index in [1.54, 1.807) is 30.3 Å². The number of hydrogen-bond acceptors (Lipinski definition) is 7. The molecule has 0 amide bonds. The zero-order valence-electron chi connectivity index (χ0n) is 14.3. The fourth-order valence-electron chi connectivity index (χ4n) is 2.84. The van der Waals surface area contributed by atoms with Gasteiger partial charge in [-0.3, -0.25) is 20.3 Å². The summed E-state index contributed by atoms with van der Waals surface area (Å²) in [6, 6.07) is 14.4. The number of hydrogen-bond donors (Lipinski definition) is 3. The highest BCUT2D eigenvalue weighted by Crippen LogP contribution is 2.28. The van der Waals surface area contributed by atoms with Crippen LogP contribution in [-0.4, -0.2) is 26.2 Å². The van der Waals surface area contributed by atoms with Crippen molar-refractivity contribution in [3.63, 3.8) is 0 Å². The van der Waals surface area contributed by atoms with Crippen molar-refractivity contribution in [2.75, 3.05) is 5.43 Å². The Kier molecular flexibility index (Phi) is 4.17. The standard InChI is InChI=1S/C19H13N5O4/c25-17-8-5-11-9-12(24(27)28)6-7-13(11)14(17)10-20-23-18-19(26)22-16-4-2-1-3-15(16)21-18/h1-10,25H,(H,21,23)(H,22,26)/b20-10+. The summed E-state index contributed by atoms with van der Waals surface area (Å²) in [5, 5.41) is 26.2. The SMILES string of the molecule is O=c1[nH]c2ccccc2nc1N/N=C/c1c(O)ccc2cc([N+](=O)[O-])ccc12. The second-order valence-corrected chi connectivity index (χ2v) is 5.96. The van der Waals surface area contributed by atoms with Gasteiger partial charge in [-0.2, -0.15) is 5.10 Å². The number of non-ortho nitro benzene ring substituents is 1. The fourth-order valence-corrected chi connectivity index (χ4v) is 2.84. The molecule has 0 aliphatic rings. The minimum atomic E-state index is -0.487. The first-order valence-corrected chi connectivity index (χ1v) is 8.21. The van der Waals surface area contributed by atoms with Gasteiger partial charge in [0.25, 0.3) is 11.2 Å². The Bertz CT molecular complexity index is 1310. The third kappa shape index (κ3) is 3.12. The lowest BCUT2D eigenvalue weighted by molar-refractivity contribution is -0.384. The lowest BCUT2D eigenvalue weighted by Gasteiger charge is -2.05.